The fourth-order valence-corrected chi connectivity index (χ4v) is 3.81. The maximum Gasteiger partial charge on any atom is 0.238 e. The zero-order valence-corrected chi connectivity index (χ0v) is 16.9. The van der Waals surface area contributed by atoms with Crippen molar-refractivity contribution in [2.75, 3.05) is 11.9 Å². The van der Waals surface area contributed by atoms with Crippen LogP contribution in [-0.4, -0.2) is 36.1 Å². The SMILES string of the molecule is CCOc1ccc2nc(S[C@@H](C)C(=O)Nc3ccc(S(N)(=O)=O)cc3)[nH]c2c1. The summed E-state index contributed by atoms with van der Waals surface area (Å²) in [6.07, 6.45) is 0. The van der Waals surface area contributed by atoms with E-state index in [0.29, 0.717) is 17.5 Å². The number of H-pyrrole nitrogens is 1. The van der Waals surface area contributed by atoms with E-state index in [1.54, 1.807) is 6.92 Å². The van der Waals surface area contributed by atoms with Crippen LogP contribution in [0.3, 0.4) is 0 Å². The number of fused-ring (bicyclic) bond motifs is 1. The van der Waals surface area contributed by atoms with Gasteiger partial charge in [-0.25, -0.2) is 18.5 Å². The van der Waals surface area contributed by atoms with Gasteiger partial charge in [-0.3, -0.25) is 4.79 Å². The molecule has 8 nitrogen and oxygen atoms in total. The summed E-state index contributed by atoms with van der Waals surface area (Å²) in [5.74, 6) is 0.521. The van der Waals surface area contributed by atoms with Gasteiger partial charge >= 0.3 is 0 Å². The van der Waals surface area contributed by atoms with E-state index in [1.165, 1.54) is 36.0 Å². The van der Waals surface area contributed by atoms with Crippen molar-refractivity contribution in [3.63, 3.8) is 0 Å². The minimum atomic E-state index is -3.76. The van der Waals surface area contributed by atoms with Crippen LogP contribution in [0.4, 0.5) is 5.69 Å². The quantitative estimate of drug-likeness (QED) is 0.504. The maximum absolute atomic E-state index is 12.4. The number of sulfonamides is 1. The Bertz CT molecular complexity index is 1090. The summed E-state index contributed by atoms with van der Waals surface area (Å²) in [4.78, 5) is 20.1. The van der Waals surface area contributed by atoms with Gasteiger partial charge in [-0.05, 0) is 50.2 Å². The minimum Gasteiger partial charge on any atom is -0.494 e. The molecule has 0 fully saturated rings. The van der Waals surface area contributed by atoms with Crippen LogP contribution in [-0.2, 0) is 14.8 Å². The van der Waals surface area contributed by atoms with E-state index < -0.39 is 15.3 Å². The van der Waals surface area contributed by atoms with Gasteiger partial charge in [0.05, 0.1) is 27.8 Å². The number of hydrogen-bond acceptors (Lipinski definition) is 6. The first-order valence-corrected chi connectivity index (χ1v) is 10.9. The number of nitrogens with two attached hydrogens (primary N) is 1. The highest BCUT2D eigenvalue weighted by atomic mass is 32.2. The Kier molecular flexibility index (Phi) is 5.92. The molecular weight excluding hydrogens is 400 g/mol. The van der Waals surface area contributed by atoms with E-state index in [2.05, 4.69) is 15.3 Å². The normalized spacial score (nSPS) is 12.7. The van der Waals surface area contributed by atoms with Crippen LogP contribution in [0.25, 0.3) is 11.0 Å². The fourth-order valence-electron chi connectivity index (χ4n) is 2.47. The van der Waals surface area contributed by atoms with Gasteiger partial charge in [0.2, 0.25) is 15.9 Å². The first kappa shape index (κ1) is 20.2. The third kappa shape index (κ3) is 4.83. The molecule has 3 aromatic rings. The Morgan fingerprint density at radius 1 is 1.29 bits per heavy atom. The predicted octanol–water partition coefficient (Wildman–Crippen LogP) is 2.73. The standard InChI is InChI=1S/C18H20N4O4S2/c1-3-26-13-6-9-15-16(10-13)22-18(21-15)27-11(2)17(23)20-12-4-7-14(8-5-12)28(19,24)25/h4-11H,3H2,1-2H3,(H,20,23)(H,21,22)(H2,19,24,25)/t11-/m0/s1. The van der Waals surface area contributed by atoms with Crippen LogP contribution in [0.2, 0.25) is 0 Å². The number of amides is 1. The number of anilines is 1. The molecule has 1 aromatic heterocycles. The highest BCUT2D eigenvalue weighted by Crippen LogP contribution is 2.26. The van der Waals surface area contributed by atoms with Gasteiger partial charge < -0.3 is 15.0 Å². The monoisotopic (exact) mass is 420 g/mol. The number of carbonyl (C=O) groups excluding carboxylic acids is 1. The molecule has 0 spiro atoms. The summed E-state index contributed by atoms with van der Waals surface area (Å²) in [5.41, 5.74) is 2.10. The number of primary sulfonamides is 1. The van der Waals surface area contributed by atoms with Gasteiger partial charge in [0.25, 0.3) is 0 Å². The number of nitrogens with one attached hydrogen (secondary N) is 2. The summed E-state index contributed by atoms with van der Waals surface area (Å²) < 4.78 is 28.0. The molecule has 28 heavy (non-hydrogen) atoms. The fraction of sp³-hybridized carbons (Fsp3) is 0.222. The number of aromatic amines is 1. The van der Waals surface area contributed by atoms with Crippen molar-refractivity contribution in [2.24, 2.45) is 5.14 Å². The van der Waals surface area contributed by atoms with Gasteiger partial charge in [0, 0.05) is 11.8 Å². The number of benzene rings is 2. The zero-order valence-electron chi connectivity index (χ0n) is 15.3. The van der Waals surface area contributed by atoms with E-state index in [0.717, 1.165) is 16.8 Å². The highest BCUT2D eigenvalue weighted by Gasteiger charge is 2.17. The molecule has 0 bridgehead atoms. The molecule has 1 amide bonds. The van der Waals surface area contributed by atoms with Crippen molar-refractivity contribution in [3.05, 3.63) is 42.5 Å². The molecule has 10 heteroatoms. The van der Waals surface area contributed by atoms with Gasteiger partial charge in [-0.1, -0.05) is 11.8 Å². The van der Waals surface area contributed by atoms with Crippen molar-refractivity contribution in [1.29, 1.82) is 0 Å². The van der Waals surface area contributed by atoms with E-state index >= 15 is 0 Å². The lowest BCUT2D eigenvalue weighted by Gasteiger charge is -2.10. The Hall–Kier alpha value is -2.56. The first-order valence-electron chi connectivity index (χ1n) is 8.49. The van der Waals surface area contributed by atoms with Gasteiger partial charge in [0.15, 0.2) is 5.16 Å². The van der Waals surface area contributed by atoms with E-state index in [-0.39, 0.29) is 10.8 Å². The number of imidazole rings is 1. The topological polar surface area (TPSA) is 127 Å². The van der Waals surface area contributed by atoms with Crippen LogP contribution < -0.4 is 15.2 Å². The van der Waals surface area contributed by atoms with Crippen LogP contribution in [0.1, 0.15) is 13.8 Å². The van der Waals surface area contributed by atoms with E-state index in [4.69, 9.17) is 9.88 Å². The van der Waals surface area contributed by atoms with Crippen LogP contribution in [0, 0.1) is 0 Å². The lowest BCUT2D eigenvalue weighted by atomic mass is 10.3. The lowest BCUT2D eigenvalue weighted by Crippen LogP contribution is -2.22. The molecule has 4 N–H and O–H groups in total. The molecule has 1 atom stereocenters. The van der Waals surface area contributed by atoms with E-state index in [9.17, 15) is 13.2 Å². The molecule has 0 saturated heterocycles. The molecule has 0 aliphatic carbocycles. The number of nitrogens with zero attached hydrogens (tertiary/aromatic N) is 1. The first-order chi connectivity index (χ1) is 13.3. The predicted molar refractivity (Wildman–Crippen MR) is 109 cm³/mol. The zero-order chi connectivity index (χ0) is 20.3. The smallest absolute Gasteiger partial charge is 0.238 e. The Balaban J connectivity index is 1.66. The highest BCUT2D eigenvalue weighted by molar-refractivity contribution is 8.00. The summed E-state index contributed by atoms with van der Waals surface area (Å²) in [6.45, 7) is 4.26. The van der Waals surface area contributed by atoms with Crippen molar-refractivity contribution in [2.45, 2.75) is 29.1 Å². The average molecular weight is 421 g/mol. The summed E-state index contributed by atoms with van der Waals surface area (Å²) in [6, 6.07) is 11.3. The maximum atomic E-state index is 12.4. The summed E-state index contributed by atoms with van der Waals surface area (Å²) >= 11 is 1.29. The number of ether oxygens (including phenoxy) is 1. The molecule has 0 unspecified atom stereocenters. The molecule has 0 radical (unpaired) electrons. The number of hydrogen-bond donors (Lipinski definition) is 3. The second-order valence-electron chi connectivity index (χ2n) is 5.97. The molecule has 1 heterocycles. The van der Waals surface area contributed by atoms with Crippen LogP contribution in [0.15, 0.2) is 52.5 Å². The molecule has 2 aromatic carbocycles. The van der Waals surface area contributed by atoms with Crippen molar-refractivity contribution in [3.8, 4) is 5.75 Å². The van der Waals surface area contributed by atoms with Crippen molar-refractivity contribution < 1.29 is 17.9 Å². The van der Waals surface area contributed by atoms with Gasteiger partial charge in [0.1, 0.15) is 5.75 Å². The third-order valence-corrected chi connectivity index (χ3v) is 5.76. The lowest BCUT2D eigenvalue weighted by molar-refractivity contribution is -0.115. The Morgan fingerprint density at radius 2 is 2.00 bits per heavy atom. The van der Waals surface area contributed by atoms with Crippen LogP contribution >= 0.6 is 11.8 Å². The molecule has 0 saturated carbocycles. The average Bonchev–Trinajstić information content (AvgIpc) is 3.03. The number of aromatic nitrogens is 2. The number of rotatable bonds is 7. The molecule has 0 aliphatic heterocycles. The van der Waals surface area contributed by atoms with E-state index in [1.807, 2.05) is 25.1 Å². The van der Waals surface area contributed by atoms with Crippen LogP contribution in [0.5, 0.6) is 5.75 Å². The number of thioether (sulfide) groups is 1. The number of carbonyl (C=O) groups is 1. The van der Waals surface area contributed by atoms with Gasteiger partial charge in [-0.15, -0.1) is 0 Å². The second-order valence-corrected chi connectivity index (χ2v) is 8.86. The minimum absolute atomic E-state index is 0.0124. The summed E-state index contributed by atoms with van der Waals surface area (Å²) in [7, 11) is -3.76. The van der Waals surface area contributed by atoms with Crippen molar-refractivity contribution >= 4 is 44.4 Å². The molecular formula is C18H20N4O4S2. The summed E-state index contributed by atoms with van der Waals surface area (Å²) in [5, 5.41) is 8.00. The molecule has 148 valence electrons. The molecule has 0 aliphatic rings. The largest absolute Gasteiger partial charge is 0.494 e. The molecule has 3 rings (SSSR count). The van der Waals surface area contributed by atoms with Gasteiger partial charge in [-0.2, -0.15) is 0 Å². The van der Waals surface area contributed by atoms with Crippen molar-refractivity contribution in [1.82, 2.24) is 9.97 Å². The Labute approximate surface area is 166 Å². The Morgan fingerprint density at radius 3 is 2.64 bits per heavy atom. The second kappa shape index (κ2) is 8.21. The third-order valence-electron chi connectivity index (χ3n) is 3.85.